The van der Waals surface area contributed by atoms with Crippen LogP contribution in [0.4, 0.5) is 0 Å². The fraction of sp³-hybridized carbons (Fsp3) is 0.600. The fourth-order valence-corrected chi connectivity index (χ4v) is 2.62. The molecule has 0 aromatic rings. The number of Topliss-reactive ketones (excluding diaryl/α,β-unsaturated/α-hetero) is 1. The van der Waals surface area contributed by atoms with Crippen molar-refractivity contribution in [2.75, 3.05) is 0 Å². The van der Waals surface area contributed by atoms with Crippen LogP contribution in [0.5, 0.6) is 0 Å². The smallest absolute Gasteiger partial charge is 0.134 e. The molecule has 0 amide bonds. The molecule has 2 aliphatic carbocycles. The molecule has 0 saturated heterocycles. The second-order valence-electron chi connectivity index (χ2n) is 3.80. The van der Waals surface area contributed by atoms with E-state index in [0.717, 1.165) is 12.7 Å². The first kappa shape index (κ1) is 7.71. The van der Waals surface area contributed by atoms with Gasteiger partial charge in [0, 0.05) is 11.8 Å². The highest BCUT2D eigenvalue weighted by molar-refractivity contribution is 5.81. The van der Waals surface area contributed by atoms with Gasteiger partial charge in [0.15, 0.2) is 0 Å². The predicted octanol–water partition coefficient (Wildman–Crippen LogP) is 1.21. The van der Waals surface area contributed by atoms with Crippen molar-refractivity contribution in [2.45, 2.75) is 13.3 Å². The van der Waals surface area contributed by atoms with Gasteiger partial charge in [-0.1, -0.05) is 12.2 Å². The molecule has 0 heterocycles. The number of ketones is 1. The van der Waals surface area contributed by atoms with Gasteiger partial charge >= 0.3 is 0 Å². The quantitative estimate of drug-likeness (QED) is 0.454. The lowest BCUT2D eigenvalue weighted by Crippen LogP contribution is -2.18. The van der Waals surface area contributed by atoms with Gasteiger partial charge in [0.25, 0.3) is 0 Å². The number of hydrogen-bond acceptors (Lipinski definition) is 2. The molecule has 0 spiro atoms. The Morgan fingerprint density at radius 2 is 2.25 bits per heavy atom. The lowest BCUT2D eigenvalue weighted by molar-refractivity contribution is -0.122. The van der Waals surface area contributed by atoms with Crippen molar-refractivity contribution in [2.24, 2.45) is 23.7 Å². The summed E-state index contributed by atoms with van der Waals surface area (Å²) >= 11 is 0. The number of carbonyl (C=O) groups excluding carboxylic acids is 2. The number of carbonyl (C=O) groups is 2. The van der Waals surface area contributed by atoms with Crippen molar-refractivity contribution < 1.29 is 9.59 Å². The van der Waals surface area contributed by atoms with E-state index in [1.54, 1.807) is 6.92 Å². The van der Waals surface area contributed by atoms with Crippen molar-refractivity contribution in [3.8, 4) is 0 Å². The average molecular weight is 164 g/mol. The van der Waals surface area contributed by atoms with E-state index in [1.807, 2.05) is 6.08 Å². The second kappa shape index (κ2) is 2.54. The van der Waals surface area contributed by atoms with Crippen LogP contribution in [-0.2, 0) is 9.59 Å². The molecular formula is C10H12O2. The molecule has 12 heavy (non-hydrogen) atoms. The van der Waals surface area contributed by atoms with Crippen LogP contribution in [0.3, 0.4) is 0 Å². The Hall–Kier alpha value is -0.920. The molecule has 0 aromatic heterocycles. The van der Waals surface area contributed by atoms with E-state index in [0.29, 0.717) is 5.92 Å². The third-order valence-corrected chi connectivity index (χ3v) is 3.14. The first-order chi connectivity index (χ1) is 5.74. The Balaban J connectivity index is 2.24. The normalized spacial score (nSPS) is 43.4. The maximum Gasteiger partial charge on any atom is 0.134 e. The highest BCUT2D eigenvalue weighted by atomic mass is 16.1. The van der Waals surface area contributed by atoms with Crippen molar-refractivity contribution in [1.29, 1.82) is 0 Å². The summed E-state index contributed by atoms with van der Waals surface area (Å²) in [7, 11) is 0. The van der Waals surface area contributed by atoms with Crippen LogP contribution in [0, 0.1) is 23.7 Å². The van der Waals surface area contributed by atoms with E-state index in [1.165, 1.54) is 0 Å². The number of hydrogen-bond donors (Lipinski definition) is 0. The number of rotatable bonds is 2. The summed E-state index contributed by atoms with van der Waals surface area (Å²) in [6, 6.07) is 0. The van der Waals surface area contributed by atoms with Crippen LogP contribution < -0.4 is 0 Å². The van der Waals surface area contributed by atoms with Crippen LogP contribution in [0.15, 0.2) is 12.2 Å². The van der Waals surface area contributed by atoms with E-state index in [4.69, 9.17) is 0 Å². The standard InChI is InChI=1S/C10H12O2/c1-6(12)10-7-2-3-9(10)8(4-7)5-11/h2-3,5,7-10H,4H2,1H3. The molecular weight excluding hydrogens is 152 g/mol. The molecule has 0 N–H and O–H groups in total. The van der Waals surface area contributed by atoms with Gasteiger partial charge in [0.05, 0.1) is 0 Å². The van der Waals surface area contributed by atoms with E-state index in [-0.39, 0.29) is 23.5 Å². The van der Waals surface area contributed by atoms with Crippen LogP contribution in [0.25, 0.3) is 0 Å². The summed E-state index contributed by atoms with van der Waals surface area (Å²) in [6.07, 6.45) is 6.02. The van der Waals surface area contributed by atoms with Gasteiger partial charge in [0.2, 0.25) is 0 Å². The average Bonchev–Trinajstić information content (AvgIpc) is 2.59. The Labute approximate surface area is 71.6 Å². The minimum Gasteiger partial charge on any atom is -0.303 e. The van der Waals surface area contributed by atoms with Gasteiger partial charge in [-0.05, 0) is 25.2 Å². The largest absolute Gasteiger partial charge is 0.303 e. The summed E-state index contributed by atoms with van der Waals surface area (Å²) in [5, 5.41) is 0. The predicted molar refractivity (Wildman–Crippen MR) is 44.5 cm³/mol. The zero-order valence-electron chi connectivity index (χ0n) is 7.07. The molecule has 4 unspecified atom stereocenters. The molecule has 1 saturated carbocycles. The third-order valence-electron chi connectivity index (χ3n) is 3.14. The van der Waals surface area contributed by atoms with Crippen LogP contribution in [0.2, 0.25) is 0 Å². The maximum absolute atomic E-state index is 11.2. The third kappa shape index (κ3) is 0.872. The number of fused-ring (bicyclic) bond motifs is 2. The van der Waals surface area contributed by atoms with Crippen LogP contribution >= 0.6 is 0 Å². The lowest BCUT2D eigenvalue weighted by atomic mass is 9.90. The summed E-state index contributed by atoms with van der Waals surface area (Å²) in [5.41, 5.74) is 0. The summed E-state index contributed by atoms with van der Waals surface area (Å²) in [4.78, 5) is 21.8. The zero-order valence-corrected chi connectivity index (χ0v) is 7.07. The first-order valence-corrected chi connectivity index (χ1v) is 4.38. The molecule has 2 nitrogen and oxygen atoms in total. The van der Waals surface area contributed by atoms with Crippen LogP contribution in [0.1, 0.15) is 13.3 Å². The number of allylic oxidation sites excluding steroid dienone is 2. The minimum absolute atomic E-state index is 0.105. The van der Waals surface area contributed by atoms with Crippen molar-refractivity contribution in [3.63, 3.8) is 0 Å². The van der Waals surface area contributed by atoms with E-state index in [2.05, 4.69) is 6.08 Å². The molecule has 64 valence electrons. The van der Waals surface area contributed by atoms with Gasteiger partial charge < -0.3 is 4.79 Å². The molecule has 0 radical (unpaired) electrons. The Morgan fingerprint density at radius 1 is 1.50 bits per heavy atom. The Kier molecular flexibility index (Phi) is 1.63. The highest BCUT2D eigenvalue weighted by Gasteiger charge is 2.46. The molecule has 0 aliphatic heterocycles. The topological polar surface area (TPSA) is 34.1 Å². The number of aldehydes is 1. The lowest BCUT2D eigenvalue weighted by Gasteiger charge is -2.12. The summed E-state index contributed by atoms with van der Waals surface area (Å²) in [6.45, 7) is 1.63. The zero-order chi connectivity index (χ0) is 8.72. The summed E-state index contributed by atoms with van der Waals surface area (Å²) < 4.78 is 0. The molecule has 2 aliphatic rings. The van der Waals surface area contributed by atoms with E-state index in [9.17, 15) is 9.59 Å². The first-order valence-electron chi connectivity index (χ1n) is 4.38. The van der Waals surface area contributed by atoms with Crippen LogP contribution in [-0.4, -0.2) is 12.1 Å². The monoisotopic (exact) mass is 164 g/mol. The SMILES string of the molecule is CC(=O)C1C2C=CC1C(C=O)C2. The molecule has 1 fully saturated rings. The second-order valence-corrected chi connectivity index (χ2v) is 3.80. The molecule has 4 atom stereocenters. The Bertz CT molecular complexity index is 255. The molecule has 2 heteroatoms. The summed E-state index contributed by atoms with van der Waals surface area (Å²) in [5.74, 6) is 1.01. The van der Waals surface area contributed by atoms with Gasteiger partial charge in [0.1, 0.15) is 12.1 Å². The molecule has 2 bridgehead atoms. The van der Waals surface area contributed by atoms with Crippen molar-refractivity contribution >= 4 is 12.1 Å². The highest BCUT2D eigenvalue weighted by Crippen LogP contribution is 2.47. The van der Waals surface area contributed by atoms with Gasteiger partial charge in [-0.15, -0.1) is 0 Å². The van der Waals surface area contributed by atoms with Gasteiger partial charge in [-0.2, -0.15) is 0 Å². The minimum atomic E-state index is 0.105. The molecule has 2 rings (SSSR count). The fourth-order valence-electron chi connectivity index (χ4n) is 2.62. The Morgan fingerprint density at radius 3 is 2.67 bits per heavy atom. The molecule has 0 aromatic carbocycles. The van der Waals surface area contributed by atoms with Gasteiger partial charge in [-0.3, -0.25) is 4.79 Å². The van der Waals surface area contributed by atoms with E-state index >= 15 is 0 Å². The maximum atomic E-state index is 11.2. The van der Waals surface area contributed by atoms with Crippen molar-refractivity contribution in [1.82, 2.24) is 0 Å². The van der Waals surface area contributed by atoms with Gasteiger partial charge in [-0.25, -0.2) is 0 Å². The van der Waals surface area contributed by atoms with Crippen molar-refractivity contribution in [3.05, 3.63) is 12.2 Å². The van der Waals surface area contributed by atoms with E-state index < -0.39 is 0 Å².